The second-order valence-electron chi connectivity index (χ2n) is 5.43. The van der Waals surface area contributed by atoms with E-state index >= 15 is 0 Å². The summed E-state index contributed by atoms with van der Waals surface area (Å²) < 4.78 is 9.72. The highest BCUT2D eigenvalue weighted by atomic mass is 16.6. The van der Waals surface area contributed by atoms with Gasteiger partial charge in [0.05, 0.1) is 12.7 Å². The number of hydrogen-bond donors (Lipinski definition) is 1. The van der Waals surface area contributed by atoms with Crippen LogP contribution in [0.2, 0.25) is 0 Å². The molecule has 21 heavy (non-hydrogen) atoms. The van der Waals surface area contributed by atoms with Gasteiger partial charge < -0.3 is 14.8 Å². The zero-order chi connectivity index (χ0) is 16.0. The van der Waals surface area contributed by atoms with E-state index in [4.69, 9.17) is 4.74 Å². The Balaban J connectivity index is 2.81. The van der Waals surface area contributed by atoms with Crippen LogP contribution in [0, 0.1) is 0 Å². The third kappa shape index (κ3) is 5.64. The van der Waals surface area contributed by atoms with Gasteiger partial charge in [-0.25, -0.2) is 9.59 Å². The van der Waals surface area contributed by atoms with Crippen molar-refractivity contribution >= 4 is 18.3 Å². The van der Waals surface area contributed by atoms with Gasteiger partial charge in [0, 0.05) is 12.1 Å². The van der Waals surface area contributed by atoms with Gasteiger partial charge in [-0.3, -0.25) is 4.79 Å². The van der Waals surface area contributed by atoms with E-state index in [9.17, 15) is 14.4 Å². The van der Waals surface area contributed by atoms with E-state index in [1.807, 2.05) is 0 Å². The molecule has 1 aromatic carbocycles. The molecule has 1 N–H and O–H groups in total. The van der Waals surface area contributed by atoms with Gasteiger partial charge in [0.25, 0.3) is 0 Å². The van der Waals surface area contributed by atoms with Gasteiger partial charge in [-0.05, 0) is 44.5 Å². The average Bonchev–Trinajstić information content (AvgIpc) is 2.42. The molecule has 114 valence electrons. The van der Waals surface area contributed by atoms with Gasteiger partial charge in [0.1, 0.15) is 11.9 Å². The number of aldehydes is 1. The number of carbonyl (C=O) groups is 3. The molecule has 0 heterocycles. The van der Waals surface area contributed by atoms with Crippen molar-refractivity contribution in [3.05, 3.63) is 34.9 Å². The van der Waals surface area contributed by atoms with E-state index in [1.165, 1.54) is 13.2 Å². The lowest BCUT2D eigenvalue weighted by Crippen LogP contribution is -2.32. The second kappa shape index (κ2) is 6.88. The Morgan fingerprint density at radius 2 is 1.90 bits per heavy atom. The highest BCUT2D eigenvalue weighted by Gasteiger charge is 2.16. The molecule has 0 aromatic heterocycles. The highest BCUT2D eigenvalue weighted by molar-refractivity contribution is 5.92. The van der Waals surface area contributed by atoms with Gasteiger partial charge >= 0.3 is 12.1 Å². The lowest BCUT2D eigenvalue weighted by atomic mass is 10.1. The summed E-state index contributed by atoms with van der Waals surface area (Å²) in [6, 6.07) is 4.56. The molecule has 6 heteroatoms. The van der Waals surface area contributed by atoms with E-state index in [-0.39, 0.29) is 12.1 Å². The van der Waals surface area contributed by atoms with Crippen LogP contribution in [0.15, 0.2) is 18.2 Å². The predicted molar refractivity (Wildman–Crippen MR) is 76.2 cm³/mol. The van der Waals surface area contributed by atoms with Gasteiger partial charge in [-0.2, -0.15) is 0 Å². The van der Waals surface area contributed by atoms with Gasteiger partial charge in [0.2, 0.25) is 0 Å². The van der Waals surface area contributed by atoms with E-state index in [0.717, 1.165) is 0 Å². The fourth-order valence-corrected chi connectivity index (χ4v) is 1.61. The first kappa shape index (κ1) is 16.7. The van der Waals surface area contributed by atoms with Crippen molar-refractivity contribution in [2.45, 2.75) is 32.9 Å². The molecule has 0 saturated heterocycles. The monoisotopic (exact) mass is 293 g/mol. The molecule has 0 saturated carbocycles. The van der Waals surface area contributed by atoms with Crippen LogP contribution < -0.4 is 5.32 Å². The van der Waals surface area contributed by atoms with Crippen molar-refractivity contribution in [1.29, 1.82) is 0 Å². The minimum Gasteiger partial charge on any atom is -0.465 e. The summed E-state index contributed by atoms with van der Waals surface area (Å²) in [6.45, 7) is 5.42. The molecule has 0 fully saturated rings. The smallest absolute Gasteiger partial charge is 0.407 e. The molecule has 0 bridgehead atoms. The van der Waals surface area contributed by atoms with Crippen LogP contribution in [0.5, 0.6) is 0 Å². The Bertz CT molecular complexity index is 545. The molecule has 1 aromatic rings. The molecule has 0 spiro atoms. The van der Waals surface area contributed by atoms with Crippen LogP contribution in [0.25, 0.3) is 0 Å². The maximum absolute atomic E-state index is 11.6. The summed E-state index contributed by atoms with van der Waals surface area (Å²) >= 11 is 0. The van der Waals surface area contributed by atoms with Crippen LogP contribution in [0.4, 0.5) is 4.79 Å². The molecule has 1 rings (SSSR count). The van der Waals surface area contributed by atoms with Gasteiger partial charge in [-0.15, -0.1) is 0 Å². The summed E-state index contributed by atoms with van der Waals surface area (Å²) in [5, 5.41) is 2.56. The molecular weight excluding hydrogens is 274 g/mol. The molecule has 0 aliphatic heterocycles. The number of amides is 1. The zero-order valence-electron chi connectivity index (χ0n) is 12.6. The standard InChI is InChI=1S/C15H19NO5/c1-15(2,3)21-14(19)16-8-10-5-11(9-17)7-12(6-10)13(18)20-4/h5-7,9H,8H2,1-4H3,(H,16,19). The molecule has 0 aliphatic carbocycles. The zero-order valence-corrected chi connectivity index (χ0v) is 12.6. The van der Waals surface area contributed by atoms with E-state index in [0.29, 0.717) is 17.4 Å². The number of nitrogens with one attached hydrogen (secondary N) is 1. The minimum absolute atomic E-state index is 0.139. The van der Waals surface area contributed by atoms with Crippen molar-refractivity contribution < 1.29 is 23.9 Å². The van der Waals surface area contributed by atoms with Crippen LogP contribution >= 0.6 is 0 Å². The predicted octanol–water partition coefficient (Wildman–Crippen LogP) is 2.31. The van der Waals surface area contributed by atoms with Crippen molar-refractivity contribution in [2.75, 3.05) is 7.11 Å². The Labute approximate surface area is 123 Å². The molecule has 0 atom stereocenters. The highest BCUT2D eigenvalue weighted by Crippen LogP contribution is 2.11. The normalized spacial score (nSPS) is 10.7. The first-order valence-corrected chi connectivity index (χ1v) is 6.39. The number of esters is 1. The largest absolute Gasteiger partial charge is 0.465 e. The third-order valence-electron chi connectivity index (χ3n) is 2.41. The Morgan fingerprint density at radius 1 is 1.24 bits per heavy atom. The Kier molecular flexibility index (Phi) is 5.46. The fourth-order valence-electron chi connectivity index (χ4n) is 1.61. The van der Waals surface area contributed by atoms with Gasteiger partial charge in [-0.1, -0.05) is 0 Å². The average molecular weight is 293 g/mol. The number of rotatable bonds is 4. The number of methoxy groups -OCH3 is 1. The van der Waals surface area contributed by atoms with Crippen molar-refractivity contribution in [3.8, 4) is 0 Å². The van der Waals surface area contributed by atoms with Crippen LogP contribution in [-0.4, -0.2) is 31.1 Å². The topological polar surface area (TPSA) is 81.7 Å². The van der Waals surface area contributed by atoms with Crippen molar-refractivity contribution in [1.82, 2.24) is 5.32 Å². The lowest BCUT2D eigenvalue weighted by Gasteiger charge is -2.19. The number of hydrogen-bond acceptors (Lipinski definition) is 5. The molecular formula is C15H19NO5. The fraction of sp³-hybridized carbons (Fsp3) is 0.400. The first-order valence-electron chi connectivity index (χ1n) is 6.39. The summed E-state index contributed by atoms with van der Waals surface area (Å²) in [5.41, 5.74) is 0.596. The molecule has 6 nitrogen and oxygen atoms in total. The summed E-state index contributed by atoms with van der Waals surface area (Å²) in [6.07, 6.45) is 0.0577. The third-order valence-corrected chi connectivity index (χ3v) is 2.41. The summed E-state index contributed by atoms with van der Waals surface area (Å²) in [7, 11) is 1.26. The van der Waals surface area contributed by atoms with Crippen molar-refractivity contribution in [2.24, 2.45) is 0 Å². The first-order chi connectivity index (χ1) is 9.75. The Hall–Kier alpha value is -2.37. The molecule has 0 radical (unpaired) electrons. The minimum atomic E-state index is -0.591. The number of carbonyl (C=O) groups excluding carboxylic acids is 3. The van der Waals surface area contributed by atoms with E-state index < -0.39 is 17.7 Å². The van der Waals surface area contributed by atoms with Crippen molar-refractivity contribution in [3.63, 3.8) is 0 Å². The second-order valence-corrected chi connectivity index (χ2v) is 5.43. The number of benzene rings is 1. The van der Waals surface area contributed by atoms with E-state index in [1.54, 1.807) is 32.9 Å². The maximum atomic E-state index is 11.6. The number of ether oxygens (including phenoxy) is 2. The quantitative estimate of drug-likeness (QED) is 0.680. The van der Waals surface area contributed by atoms with Crippen LogP contribution in [-0.2, 0) is 16.0 Å². The van der Waals surface area contributed by atoms with E-state index in [2.05, 4.69) is 10.1 Å². The summed E-state index contributed by atoms with van der Waals surface area (Å²) in [5.74, 6) is -0.544. The summed E-state index contributed by atoms with van der Waals surface area (Å²) in [4.78, 5) is 34.0. The lowest BCUT2D eigenvalue weighted by molar-refractivity contribution is 0.0523. The van der Waals surface area contributed by atoms with Crippen LogP contribution in [0.3, 0.4) is 0 Å². The Morgan fingerprint density at radius 3 is 2.43 bits per heavy atom. The molecule has 1 amide bonds. The number of alkyl carbamates (subject to hydrolysis) is 1. The van der Waals surface area contributed by atoms with Gasteiger partial charge in [0.15, 0.2) is 0 Å². The maximum Gasteiger partial charge on any atom is 0.407 e. The molecule has 0 aliphatic rings. The van der Waals surface area contributed by atoms with Crippen LogP contribution in [0.1, 0.15) is 47.1 Å². The SMILES string of the molecule is COC(=O)c1cc(C=O)cc(CNC(=O)OC(C)(C)C)c1. The molecule has 0 unspecified atom stereocenters.